The van der Waals surface area contributed by atoms with Gasteiger partial charge in [0, 0.05) is 12.2 Å². The molecule has 1 aliphatic heterocycles. The van der Waals surface area contributed by atoms with E-state index >= 15 is 0 Å². The van der Waals surface area contributed by atoms with Gasteiger partial charge < -0.3 is 10.5 Å². The number of carbonyl (C=O) groups is 1. The lowest BCUT2D eigenvalue weighted by molar-refractivity contribution is 0.179. The van der Waals surface area contributed by atoms with Crippen molar-refractivity contribution in [2.24, 2.45) is 5.73 Å². The van der Waals surface area contributed by atoms with Crippen LogP contribution in [0.15, 0.2) is 24.3 Å². The molecule has 1 aromatic rings. The summed E-state index contributed by atoms with van der Waals surface area (Å²) in [6.45, 7) is 2.80. The van der Waals surface area contributed by atoms with Crippen molar-refractivity contribution >= 4 is 11.8 Å². The molecule has 2 rings (SSSR count). The van der Waals surface area contributed by atoms with Gasteiger partial charge in [0.25, 0.3) is 0 Å². The van der Waals surface area contributed by atoms with Crippen molar-refractivity contribution in [3.8, 4) is 0 Å². The molecule has 0 bridgehead atoms. The van der Waals surface area contributed by atoms with Gasteiger partial charge in [-0.3, -0.25) is 4.90 Å². The molecule has 1 amide bonds. The van der Waals surface area contributed by atoms with Gasteiger partial charge in [-0.25, -0.2) is 4.79 Å². The highest BCUT2D eigenvalue weighted by atomic mass is 16.6. The molecule has 1 atom stereocenters. The van der Waals surface area contributed by atoms with Crippen molar-refractivity contribution in [3.05, 3.63) is 29.8 Å². The fourth-order valence-electron chi connectivity index (χ4n) is 1.66. The molecule has 1 aromatic carbocycles. The molecule has 2 N–H and O–H groups in total. The number of nitrogens with zero attached hydrogens (tertiary/aromatic N) is 1. The number of benzene rings is 1. The van der Waals surface area contributed by atoms with E-state index < -0.39 is 0 Å². The lowest BCUT2D eigenvalue weighted by atomic mass is 10.2. The molecule has 1 unspecified atom stereocenters. The molecule has 15 heavy (non-hydrogen) atoms. The van der Waals surface area contributed by atoms with Gasteiger partial charge >= 0.3 is 6.09 Å². The van der Waals surface area contributed by atoms with Crippen molar-refractivity contribution in [1.29, 1.82) is 0 Å². The van der Waals surface area contributed by atoms with Crippen LogP contribution in [-0.2, 0) is 4.74 Å². The summed E-state index contributed by atoms with van der Waals surface area (Å²) in [6, 6.07) is 7.71. The monoisotopic (exact) mass is 206 g/mol. The molecule has 0 aromatic heterocycles. The zero-order valence-electron chi connectivity index (χ0n) is 8.64. The van der Waals surface area contributed by atoms with Crippen LogP contribution in [0.25, 0.3) is 0 Å². The Balaban J connectivity index is 2.28. The molecule has 1 heterocycles. The topological polar surface area (TPSA) is 55.6 Å². The van der Waals surface area contributed by atoms with Crippen molar-refractivity contribution < 1.29 is 9.53 Å². The average molecular weight is 206 g/mol. The number of aryl methyl sites for hydroxylation is 1. The number of cyclic esters (lactones) is 1. The van der Waals surface area contributed by atoms with Crippen molar-refractivity contribution in [2.75, 3.05) is 18.1 Å². The maximum Gasteiger partial charge on any atom is 0.414 e. The van der Waals surface area contributed by atoms with Gasteiger partial charge in [0.05, 0.1) is 6.04 Å². The first-order valence-electron chi connectivity index (χ1n) is 4.95. The standard InChI is InChI=1S/C11H14N2O2/c1-8-2-4-9(5-3-8)13-10(6-12)7-15-11(13)14/h2-5,10H,6-7,12H2,1H3. The summed E-state index contributed by atoms with van der Waals surface area (Å²) in [5.41, 5.74) is 7.59. The summed E-state index contributed by atoms with van der Waals surface area (Å²) >= 11 is 0. The molecule has 0 radical (unpaired) electrons. The first-order valence-corrected chi connectivity index (χ1v) is 4.95. The van der Waals surface area contributed by atoms with Crippen LogP contribution in [0.3, 0.4) is 0 Å². The molecule has 4 heteroatoms. The van der Waals surface area contributed by atoms with Crippen molar-refractivity contribution in [2.45, 2.75) is 13.0 Å². The number of carbonyl (C=O) groups excluding carboxylic acids is 1. The van der Waals surface area contributed by atoms with Crippen LogP contribution in [0, 0.1) is 6.92 Å². The van der Waals surface area contributed by atoms with Crippen molar-refractivity contribution in [1.82, 2.24) is 0 Å². The van der Waals surface area contributed by atoms with Crippen LogP contribution in [0.5, 0.6) is 0 Å². The van der Waals surface area contributed by atoms with Gasteiger partial charge in [0.15, 0.2) is 0 Å². The van der Waals surface area contributed by atoms with Crippen LogP contribution in [0.2, 0.25) is 0 Å². The van der Waals surface area contributed by atoms with E-state index in [1.54, 1.807) is 4.90 Å². The van der Waals surface area contributed by atoms with Crippen molar-refractivity contribution in [3.63, 3.8) is 0 Å². The van der Waals surface area contributed by atoms with Crippen LogP contribution in [0.1, 0.15) is 5.56 Å². The summed E-state index contributed by atoms with van der Waals surface area (Å²) in [4.78, 5) is 13.1. The fourth-order valence-corrected chi connectivity index (χ4v) is 1.66. The highest BCUT2D eigenvalue weighted by molar-refractivity contribution is 5.90. The van der Waals surface area contributed by atoms with E-state index in [1.165, 1.54) is 0 Å². The molecule has 4 nitrogen and oxygen atoms in total. The summed E-state index contributed by atoms with van der Waals surface area (Å²) in [6.07, 6.45) is -0.311. The normalized spacial score (nSPS) is 20.5. The second-order valence-electron chi connectivity index (χ2n) is 3.67. The zero-order valence-corrected chi connectivity index (χ0v) is 8.64. The third kappa shape index (κ3) is 1.80. The average Bonchev–Trinajstić information content (AvgIpc) is 2.61. The number of hydrogen-bond acceptors (Lipinski definition) is 3. The van der Waals surface area contributed by atoms with Gasteiger partial charge in [0.1, 0.15) is 6.61 Å². The molecule has 1 fully saturated rings. The molecule has 0 saturated carbocycles. The van der Waals surface area contributed by atoms with Crippen LogP contribution in [0.4, 0.5) is 10.5 Å². The Labute approximate surface area is 88.6 Å². The molecule has 0 spiro atoms. The predicted octanol–water partition coefficient (Wildman–Crippen LogP) is 1.28. The largest absolute Gasteiger partial charge is 0.447 e. The predicted molar refractivity (Wildman–Crippen MR) is 57.8 cm³/mol. The Morgan fingerprint density at radius 2 is 2.13 bits per heavy atom. The van der Waals surface area contributed by atoms with Gasteiger partial charge in [-0.05, 0) is 19.1 Å². The lowest BCUT2D eigenvalue weighted by Gasteiger charge is -2.19. The molecule has 0 aliphatic carbocycles. The minimum Gasteiger partial charge on any atom is -0.447 e. The van der Waals surface area contributed by atoms with Gasteiger partial charge in [-0.2, -0.15) is 0 Å². The van der Waals surface area contributed by atoms with E-state index in [0.717, 1.165) is 11.3 Å². The number of nitrogens with two attached hydrogens (primary N) is 1. The van der Waals surface area contributed by atoms with Crippen LogP contribution in [-0.4, -0.2) is 25.3 Å². The summed E-state index contributed by atoms with van der Waals surface area (Å²) in [5.74, 6) is 0. The lowest BCUT2D eigenvalue weighted by Crippen LogP contribution is -2.38. The minimum atomic E-state index is -0.311. The minimum absolute atomic E-state index is 0.0415. The molecular weight excluding hydrogens is 192 g/mol. The molecule has 80 valence electrons. The number of anilines is 1. The van der Waals surface area contributed by atoms with Gasteiger partial charge in [-0.15, -0.1) is 0 Å². The van der Waals surface area contributed by atoms with Crippen LogP contribution < -0.4 is 10.6 Å². The first kappa shape index (κ1) is 9.98. The number of rotatable bonds is 2. The molecule has 1 saturated heterocycles. The zero-order chi connectivity index (χ0) is 10.8. The van der Waals surface area contributed by atoms with E-state index in [1.807, 2.05) is 31.2 Å². The summed E-state index contributed by atoms with van der Waals surface area (Å²) in [5, 5.41) is 0. The first-order chi connectivity index (χ1) is 7.22. The Hall–Kier alpha value is -1.55. The second kappa shape index (κ2) is 3.90. The number of hydrogen-bond donors (Lipinski definition) is 1. The van der Waals surface area contributed by atoms with E-state index in [0.29, 0.717) is 13.2 Å². The Bertz CT molecular complexity index is 361. The Kier molecular flexibility index (Phi) is 2.60. The Morgan fingerprint density at radius 3 is 2.73 bits per heavy atom. The number of amides is 1. The highest BCUT2D eigenvalue weighted by Gasteiger charge is 2.32. The van der Waals surface area contributed by atoms with E-state index in [-0.39, 0.29) is 12.1 Å². The van der Waals surface area contributed by atoms with Gasteiger partial charge in [0.2, 0.25) is 0 Å². The fraction of sp³-hybridized carbons (Fsp3) is 0.364. The smallest absolute Gasteiger partial charge is 0.414 e. The summed E-state index contributed by atoms with van der Waals surface area (Å²) < 4.78 is 4.96. The second-order valence-corrected chi connectivity index (χ2v) is 3.67. The quantitative estimate of drug-likeness (QED) is 0.793. The third-order valence-corrected chi connectivity index (χ3v) is 2.55. The Morgan fingerprint density at radius 1 is 1.47 bits per heavy atom. The molecule has 1 aliphatic rings. The summed E-state index contributed by atoms with van der Waals surface area (Å²) in [7, 11) is 0. The maximum absolute atomic E-state index is 11.5. The third-order valence-electron chi connectivity index (χ3n) is 2.55. The van der Waals surface area contributed by atoms with Gasteiger partial charge in [-0.1, -0.05) is 17.7 Å². The highest BCUT2D eigenvalue weighted by Crippen LogP contribution is 2.22. The maximum atomic E-state index is 11.5. The molecular formula is C11H14N2O2. The SMILES string of the molecule is Cc1ccc(N2C(=O)OCC2CN)cc1. The van der Waals surface area contributed by atoms with E-state index in [4.69, 9.17) is 10.5 Å². The van der Waals surface area contributed by atoms with E-state index in [9.17, 15) is 4.79 Å². The van der Waals surface area contributed by atoms with E-state index in [2.05, 4.69) is 0 Å². The van der Waals surface area contributed by atoms with Crippen LogP contribution >= 0.6 is 0 Å². The number of ether oxygens (including phenoxy) is 1.